The summed E-state index contributed by atoms with van der Waals surface area (Å²) in [4.78, 5) is 256. The van der Waals surface area contributed by atoms with Crippen LogP contribution in [0, 0.1) is 0 Å². The molecule has 0 saturated heterocycles. The van der Waals surface area contributed by atoms with Crippen LogP contribution in [0.15, 0.2) is 0 Å². The van der Waals surface area contributed by atoms with E-state index in [9.17, 15) is 0 Å². The zero-order valence-electron chi connectivity index (χ0n) is 24.7. The van der Waals surface area contributed by atoms with E-state index in [-0.39, 0.29) is 189 Å². The predicted octanol–water partition coefficient (Wildman–Crippen LogP) is -29.4. The van der Waals surface area contributed by atoms with E-state index in [0.717, 1.165) is 0 Å². The summed E-state index contributed by atoms with van der Waals surface area (Å²) < 4.78 is 85.5. The van der Waals surface area contributed by atoms with Gasteiger partial charge in [-0.1, -0.05) is 0 Å². The molecule has 59 heteroatoms. The molecule has 0 aliphatic heterocycles. The third-order valence-corrected chi connectivity index (χ3v) is 0. The Bertz CT molecular complexity index is 881. The molecule has 0 unspecified atom stereocenters. The van der Waals surface area contributed by atoms with E-state index in [2.05, 4.69) is 0 Å². The Labute approximate surface area is 453 Å². The molecule has 40 nitrogen and oxygen atoms in total. The molecule has 0 aliphatic rings. The number of hydrogen-bond acceptors (Lipinski definition) is 40. The van der Waals surface area contributed by atoms with Gasteiger partial charge >= 0.3 is 133 Å². The minimum atomic E-state index is -5.39. The zero-order chi connectivity index (χ0) is 45.0. The first kappa shape index (κ1) is 126. The third kappa shape index (κ3) is 5050. The maximum absolute atomic E-state index is 8.55. The van der Waals surface area contributed by atoms with Crippen LogP contribution in [-0.2, 0) is 153 Å². The van der Waals surface area contributed by atoms with Crippen molar-refractivity contribution >= 4 is 160 Å². The zero-order valence-corrected chi connectivity index (χ0v) is 52.8. The molecule has 0 aliphatic carbocycles. The maximum Gasteiger partial charge on any atom is 3.00 e. The Morgan fingerprint density at radius 1 is 0.153 bits per heavy atom. The summed E-state index contributed by atoms with van der Waals surface area (Å²) in [5.41, 5.74) is 0. The van der Waals surface area contributed by atoms with E-state index in [1.165, 1.54) is 0 Å². The van der Waals surface area contributed by atoms with Crippen LogP contribution in [0.3, 0.4) is 0 Å². The van der Waals surface area contributed by atoms with Crippen LogP contribution in [0.2, 0.25) is 0 Å². The molecule has 12 radical (unpaired) electrons. The number of rotatable bonds is 0. The number of phosphoric acid groups is 10. The molecule has 0 spiro atoms. The molecule has 0 heterocycles. The molecular weight excluding hydrogens is 1890 g/mol. The van der Waals surface area contributed by atoms with Crippen LogP contribution in [0.1, 0.15) is 0 Å². The SMILES string of the molecule is O=P([O-])([O-])[O-].O=P([O-])([O-])[O-].O=P([O-])([O-])[O-].O=P([O-])([O-])[O-].O=P([O-])([O-])[O-].O=P([O-])([O-])[O-].O=P([O-])([O-])[O-].O=P([O-])([O-])[O-].O=P([O-])([O-])[O-].O=P([O-])([O-])[O-].[Fe+3].[Fe+3].[Fe+3].[Pb+2].[Pb+2].[Pb+2].[V].[V].[V]. The van der Waals surface area contributed by atoms with Crippen LogP contribution in [0.4, 0.5) is 0 Å². The predicted molar refractivity (Wildman–Crippen MR) is 93.3 cm³/mol. The molecule has 59 heavy (non-hydrogen) atoms. The second kappa shape index (κ2) is 59.5. The van der Waals surface area contributed by atoms with Gasteiger partial charge < -0.3 is 192 Å². The van der Waals surface area contributed by atoms with Crippen molar-refractivity contribution in [3.63, 3.8) is 0 Å². The van der Waals surface area contributed by atoms with Gasteiger partial charge in [-0.3, -0.25) is 0 Å². The van der Waals surface area contributed by atoms with Gasteiger partial charge in [0.1, 0.15) is 0 Å². The molecule has 0 aromatic rings. The molecule has 356 valence electrons. The normalized spacial score (nSPS) is 10.0. The largest absolute Gasteiger partial charge is 3.00 e. The number of hydrogen-bond donors (Lipinski definition) is 0. The molecule has 0 aromatic heterocycles. The van der Waals surface area contributed by atoms with E-state index >= 15 is 0 Å². The Kier molecular flexibility index (Phi) is 127. The Morgan fingerprint density at radius 3 is 0.153 bits per heavy atom. The van der Waals surface area contributed by atoms with Crippen molar-refractivity contribution in [1.82, 2.24) is 0 Å². The smallest absolute Gasteiger partial charge is 0.822 e. The van der Waals surface area contributed by atoms with E-state index in [0.29, 0.717) is 0 Å². The molecule has 0 N–H and O–H groups in total. The van der Waals surface area contributed by atoms with Crippen molar-refractivity contribution in [2.75, 3.05) is 0 Å². The summed E-state index contributed by atoms with van der Waals surface area (Å²) in [6.45, 7) is 0. The summed E-state index contributed by atoms with van der Waals surface area (Å²) in [5, 5.41) is 0. The van der Waals surface area contributed by atoms with Crippen molar-refractivity contribution in [3.8, 4) is 0 Å². The first-order chi connectivity index (χ1) is 20.0. The van der Waals surface area contributed by atoms with E-state index in [4.69, 9.17) is 192 Å². The summed E-state index contributed by atoms with van der Waals surface area (Å²) >= 11 is 0. The van der Waals surface area contributed by atoms with E-state index in [1.54, 1.807) is 0 Å². The first-order valence-corrected chi connectivity index (χ1v) is 21.9. The first-order valence-electron chi connectivity index (χ1n) is 7.30. The van der Waals surface area contributed by atoms with Gasteiger partial charge in [0.05, 0.1) is 0 Å². The van der Waals surface area contributed by atoms with Crippen molar-refractivity contribution in [2.45, 2.75) is 0 Å². The average Bonchev–Trinajstić information content (AvgIpc) is 2.34. The van der Waals surface area contributed by atoms with Gasteiger partial charge in [0, 0.05) is 55.7 Å². The minimum absolute atomic E-state index is 0. The fourth-order valence-electron chi connectivity index (χ4n) is 0. The van der Waals surface area contributed by atoms with Gasteiger partial charge in [-0.2, -0.15) is 78.2 Å². The standard InChI is InChI=1S/3Fe.10H3O4P.3Pb.3V/c;;;10*1-5(2,3)4;;;;;;/h;;;10*(H3,1,2,3,4);;;;;;/q3*+3;;;;;;;;;;;3*+2;;;/p-30. The van der Waals surface area contributed by atoms with Gasteiger partial charge in [-0.15, -0.1) is 0 Å². The van der Waals surface area contributed by atoms with Gasteiger partial charge in [0.25, 0.3) is 0 Å². The fourth-order valence-corrected chi connectivity index (χ4v) is 0. The Morgan fingerprint density at radius 2 is 0.153 bits per heavy atom. The quantitative estimate of drug-likeness (QED) is 0.160. The van der Waals surface area contributed by atoms with Crippen LogP contribution in [0.25, 0.3) is 0 Å². The van der Waals surface area contributed by atoms with Gasteiger partial charge in [0.15, 0.2) is 0 Å². The molecular formula is Fe3O40P10Pb3V3-15. The molecule has 0 rings (SSSR count). The molecule has 0 amide bonds. The summed E-state index contributed by atoms with van der Waals surface area (Å²) in [6.07, 6.45) is 0. The summed E-state index contributed by atoms with van der Waals surface area (Å²) in [7, 11) is -53.9. The molecule has 0 saturated carbocycles. The van der Waals surface area contributed by atoms with Crippen LogP contribution in [-0.4, -0.2) is 81.9 Å². The van der Waals surface area contributed by atoms with E-state index < -0.39 is 78.2 Å². The van der Waals surface area contributed by atoms with Gasteiger partial charge in [-0.05, 0) is 0 Å². The van der Waals surface area contributed by atoms with Crippen LogP contribution < -0.4 is 147 Å². The molecule has 0 aromatic carbocycles. The maximum atomic E-state index is 8.55. The van der Waals surface area contributed by atoms with Crippen LogP contribution >= 0.6 is 78.2 Å². The fraction of sp³-hybridized carbons (Fsp3) is 0. The topological polar surface area (TPSA) is 862 Å². The van der Waals surface area contributed by atoms with E-state index in [1.807, 2.05) is 0 Å². The molecule has 0 bridgehead atoms. The van der Waals surface area contributed by atoms with Crippen molar-refractivity contribution in [1.29, 1.82) is 0 Å². The molecule has 0 fully saturated rings. The van der Waals surface area contributed by atoms with Gasteiger partial charge in [0.2, 0.25) is 0 Å². The van der Waals surface area contributed by atoms with Crippen LogP contribution in [0.5, 0.6) is 0 Å². The Hall–Kier alpha value is 7.18. The molecule has 0 atom stereocenters. The minimum Gasteiger partial charge on any atom is -0.822 e. The monoisotopic (exact) mass is 1890 g/mol. The van der Waals surface area contributed by atoms with Crippen molar-refractivity contribution in [2.24, 2.45) is 0 Å². The third-order valence-electron chi connectivity index (χ3n) is 0. The van der Waals surface area contributed by atoms with Crippen molar-refractivity contribution < 1.29 is 299 Å². The second-order valence-corrected chi connectivity index (χ2v) is 13.4. The Balaban J connectivity index is -0.0000000174. The summed E-state index contributed by atoms with van der Waals surface area (Å²) in [5.74, 6) is 0. The van der Waals surface area contributed by atoms with Gasteiger partial charge in [-0.25, -0.2) is 0 Å². The second-order valence-electron chi connectivity index (χ2n) is 4.47. The summed E-state index contributed by atoms with van der Waals surface area (Å²) in [6, 6.07) is 0. The van der Waals surface area contributed by atoms with Crippen molar-refractivity contribution in [3.05, 3.63) is 0 Å². The average molecular weight is 1890 g/mol.